The third kappa shape index (κ3) is 2.43. The first kappa shape index (κ1) is 13.9. The highest BCUT2D eigenvalue weighted by atomic mass is 16.6. The zero-order valence-electron chi connectivity index (χ0n) is 12.8. The molecule has 5 nitrogen and oxygen atoms in total. The highest BCUT2D eigenvalue weighted by Crippen LogP contribution is 2.33. The lowest BCUT2D eigenvalue weighted by Crippen LogP contribution is -2.53. The summed E-state index contributed by atoms with van der Waals surface area (Å²) in [5.74, 6) is 1.40. The van der Waals surface area contributed by atoms with Crippen LogP contribution in [0.15, 0.2) is 24.3 Å². The smallest absolute Gasteiger partial charge is 0.267 e. The van der Waals surface area contributed by atoms with Gasteiger partial charge in [0.25, 0.3) is 5.91 Å². The van der Waals surface area contributed by atoms with E-state index in [0.29, 0.717) is 29.6 Å². The highest BCUT2D eigenvalue weighted by Gasteiger charge is 2.39. The van der Waals surface area contributed by atoms with Gasteiger partial charge in [0, 0.05) is 25.2 Å². The largest absolute Gasteiger partial charge is 0.485 e. The number of carbonyl (C=O) groups is 1. The number of ether oxygens (including phenoxy) is 2. The molecule has 118 valence electrons. The molecule has 3 aliphatic heterocycles. The zero-order valence-corrected chi connectivity index (χ0v) is 12.8. The van der Waals surface area contributed by atoms with E-state index in [2.05, 4.69) is 5.32 Å². The number of amides is 1. The van der Waals surface area contributed by atoms with Gasteiger partial charge in [-0.3, -0.25) is 4.79 Å². The number of para-hydroxylation sites is 2. The van der Waals surface area contributed by atoms with E-state index in [1.807, 2.05) is 36.2 Å². The van der Waals surface area contributed by atoms with Crippen LogP contribution in [0.1, 0.15) is 25.7 Å². The first-order valence-electron chi connectivity index (χ1n) is 8.12. The Balaban J connectivity index is 1.43. The van der Waals surface area contributed by atoms with Gasteiger partial charge < -0.3 is 19.7 Å². The molecule has 4 rings (SSSR count). The molecule has 2 saturated heterocycles. The van der Waals surface area contributed by atoms with E-state index in [4.69, 9.17) is 9.47 Å². The van der Waals surface area contributed by atoms with E-state index < -0.39 is 6.10 Å². The molecule has 0 aromatic heterocycles. The first-order chi connectivity index (χ1) is 10.7. The number of piperidine rings is 1. The summed E-state index contributed by atoms with van der Waals surface area (Å²) in [6, 6.07) is 8.97. The Hall–Kier alpha value is -1.75. The topological polar surface area (TPSA) is 50.8 Å². The second kappa shape index (κ2) is 5.47. The van der Waals surface area contributed by atoms with Gasteiger partial charge in [0.15, 0.2) is 11.5 Å². The van der Waals surface area contributed by atoms with Gasteiger partial charge in [-0.2, -0.15) is 0 Å². The molecule has 2 fully saturated rings. The minimum absolute atomic E-state index is 0.0285. The summed E-state index contributed by atoms with van der Waals surface area (Å²) in [4.78, 5) is 14.6. The number of nitrogens with zero attached hydrogens (tertiary/aromatic N) is 1. The maximum atomic E-state index is 12.7. The first-order valence-corrected chi connectivity index (χ1v) is 8.12. The van der Waals surface area contributed by atoms with Crippen molar-refractivity contribution in [1.29, 1.82) is 0 Å². The van der Waals surface area contributed by atoms with Crippen molar-refractivity contribution in [3.63, 3.8) is 0 Å². The molecule has 1 aromatic carbocycles. The monoisotopic (exact) mass is 302 g/mol. The van der Waals surface area contributed by atoms with Crippen LogP contribution in [0.2, 0.25) is 0 Å². The number of rotatable bonds is 2. The molecular weight excluding hydrogens is 280 g/mol. The van der Waals surface area contributed by atoms with Crippen molar-refractivity contribution in [3.05, 3.63) is 24.3 Å². The van der Waals surface area contributed by atoms with Crippen molar-refractivity contribution in [3.8, 4) is 11.5 Å². The van der Waals surface area contributed by atoms with Gasteiger partial charge in [-0.05, 0) is 37.8 Å². The third-order valence-electron chi connectivity index (χ3n) is 5.13. The Kier molecular flexibility index (Phi) is 3.45. The van der Waals surface area contributed by atoms with Gasteiger partial charge in [-0.1, -0.05) is 12.1 Å². The number of benzene rings is 1. The molecule has 0 aliphatic carbocycles. The third-order valence-corrected chi connectivity index (χ3v) is 5.13. The Morgan fingerprint density at radius 1 is 1.18 bits per heavy atom. The fraction of sp³-hybridized carbons (Fsp3) is 0.588. The van der Waals surface area contributed by atoms with Crippen molar-refractivity contribution in [2.75, 3.05) is 13.7 Å². The van der Waals surface area contributed by atoms with Gasteiger partial charge in [0.2, 0.25) is 6.10 Å². The highest BCUT2D eigenvalue weighted by molar-refractivity contribution is 5.82. The number of nitrogens with one attached hydrogen (secondary N) is 1. The van der Waals surface area contributed by atoms with E-state index >= 15 is 0 Å². The second-order valence-electron chi connectivity index (χ2n) is 6.58. The zero-order chi connectivity index (χ0) is 15.1. The van der Waals surface area contributed by atoms with Crippen molar-refractivity contribution in [2.45, 2.75) is 49.9 Å². The van der Waals surface area contributed by atoms with Crippen LogP contribution in [0.4, 0.5) is 0 Å². The van der Waals surface area contributed by atoms with E-state index in [1.54, 1.807) is 0 Å². The molecule has 22 heavy (non-hydrogen) atoms. The van der Waals surface area contributed by atoms with Crippen LogP contribution in [0.3, 0.4) is 0 Å². The lowest BCUT2D eigenvalue weighted by molar-refractivity contribution is -0.142. The van der Waals surface area contributed by atoms with Crippen molar-refractivity contribution < 1.29 is 14.3 Å². The van der Waals surface area contributed by atoms with Crippen LogP contribution in [0.25, 0.3) is 0 Å². The van der Waals surface area contributed by atoms with Gasteiger partial charge in [0.1, 0.15) is 6.61 Å². The predicted molar refractivity (Wildman–Crippen MR) is 82.1 cm³/mol. The molecule has 1 amide bonds. The molecule has 3 atom stereocenters. The van der Waals surface area contributed by atoms with Crippen LogP contribution in [0.5, 0.6) is 11.5 Å². The number of hydrogen-bond acceptors (Lipinski definition) is 4. The summed E-state index contributed by atoms with van der Waals surface area (Å²) < 4.78 is 11.5. The average Bonchev–Trinajstić information content (AvgIpc) is 2.91. The number of likely N-dealkylation sites (N-methyl/N-ethyl adjacent to an activating group) is 1. The quantitative estimate of drug-likeness (QED) is 0.901. The van der Waals surface area contributed by atoms with Crippen LogP contribution >= 0.6 is 0 Å². The van der Waals surface area contributed by atoms with Crippen LogP contribution in [-0.2, 0) is 4.79 Å². The summed E-state index contributed by atoms with van der Waals surface area (Å²) in [5.41, 5.74) is 0. The average molecular weight is 302 g/mol. The summed E-state index contributed by atoms with van der Waals surface area (Å²) in [5, 5.41) is 3.61. The number of hydrogen-bond donors (Lipinski definition) is 1. The van der Waals surface area contributed by atoms with Crippen LogP contribution in [0, 0.1) is 0 Å². The van der Waals surface area contributed by atoms with Crippen molar-refractivity contribution in [1.82, 2.24) is 10.2 Å². The van der Waals surface area contributed by atoms with Gasteiger partial charge in [0.05, 0.1) is 0 Å². The molecule has 3 aliphatic rings. The predicted octanol–water partition coefficient (Wildman–Crippen LogP) is 1.57. The Morgan fingerprint density at radius 2 is 1.86 bits per heavy atom. The lowest BCUT2D eigenvalue weighted by atomic mass is 9.98. The minimum atomic E-state index is -0.535. The second-order valence-corrected chi connectivity index (χ2v) is 6.58. The molecule has 3 unspecified atom stereocenters. The molecule has 5 heteroatoms. The van der Waals surface area contributed by atoms with Gasteiger partial charge >= 0.3 is 0 Å². The summed E-state index contributed by atoms with van der Waals surface area (Å²) >= 11 is 0. The molecule has 0 saturated carbocycles. The summed E-state index contributed by atoms with van der Waals surface area (Å²) in [7, 11) is 1.90. The normalized spacial score (nSPS) is 32.6. The lowest BCUT2D eigenvalue weighted by Gasteiger charge is -2.37. The standard InChI is InChI=1S/C17H22N2O3/c1-19(13-8-11-6-7-12(9-13)18-11)17(20)16-10-21-14-4-2-3-5-15(14)22-16/h2-5,11-13,16,18H,6-10H2,1H3. The molecule has 2 bridgehead atoms. The molecule has 3 heterocycles. The molecule has 1 aromatic rings. The number of carbonyl (C=O) groups excluding carboxylic acids is 1. The van der Waals surface area contributed by atoms with E-state index in [9.17, 15) is 4.79 Å². The SMILES string of the molecule is CN(C(=O)C1COc2ccccc2O1)C1CC2CCC(C1)N2. The maximum absolute atomic E-state index is 12.7. The number of fused-ring (bicyclic) bond motifs is 3. The van der Waals surface area contributed by atoms with Crippen LogP contribution < -0.4 is 14.8 Å². The van der Waals surface area contributed by atoms with Gasteiger partial charge in [-0.15, -0.1) is 0 Å². The summed E-state index contributed by atoms with van der Waals surface area (Å²) in [6.07, 6.45) is 4.03. The van der Waals surface area contributed by atoms with E-state index in [1.165, 1.54) is 12.8 Å². The molecule has 1 N–H and O–H groups in total. The molecular formula is C17H22N2O3. The Morgan fingerprint density at radius 3 is 2.59 bits per heavy atom. The summed E-state index contributed by atoms with van der Waals surface area (Å²) in [6.45, 7) is 0.290. The fourth-order valence-electron chi connectivity index (χ4n) is 3.89. The fourth-order valence-corrected chi connectivity index (χ4v) is 3.89. The van der Waals surface area contributed by atoms with E-state index in [-0.39, 0.29) is 12.5 Å². The molecule has 0 radical (unpaired) electrons. The van der Waals surface area contributed by atoms with Gasteiger partial charge in [-0.25, -0.2) is 0 Å². The van der Waals surface area contributed by atoms with E-state index in [0.717, 1.165) is 12.8 Å². The van der Waals surface area contributed by atoms with Crippen molar-refractivity contribution in [2.24, 2.45) is 0 Å². The minimum Gasteiger partial charge on any atom is -0.485 e. The molecule has 0 spiro atoms. The van der Waals surface area contributed by atoms with Crippen molar-refractivity contribution >= 4 is 5.91 Å². The Labute approximate surface area is 130 Å². The Bertz CT molecular complexity index is 565. The maximum Gasteiger partial charge on any atom is 0.267 e. The van der Waals surface area contributed by atoms with Crippen LogP contribution in [-0.4, -0.2) is 48.7 Å².